The molecule has 3 nitrogen and oxygen atoms in total. The van der Waals surface area contributed by atoms with E-state index in [4.69, 9.17) is 10.3 Å². The largest absolute Gasteiger partial charge is 0.361 e. The van der Waals surface area contributed by atoms with E-state index < -0.39 is 0 Å². The number of aryl methyl sites for hydroxylation is 1. The lowest BCUT2D eigenvalue weighted by molar-refractivity contribution is 0.343. The van der Waals surface area contributed by atoms with Crippen molar-refractivity contribution in [2.45, 2.75) is 31.6 Å². The molecule has 0 spiro atoms. The van der Waals surface area contributed by atoms with Crippen molar-refractivity contribution in [3.05, 3.63) is 17.5 Å². The minimum atomic E-state index is 0.260. The van der Waals surface area contributed by atoms with Crippen molar-refractivity contribution >= 4 is 0 Å². The third kappa shape index (κ3) is 1.14. The van der Waals surface area contributed by atoms with Crippen molar-refractivity contribution in [2.24, 2.45) is 5.73 Å². The molecule has 0 amide bonds. The van der Waals surface area contributed by atoms with E-state index in [1.807, 2.05) is 13.0 Å². The van der Waals surface area contributed by atoms with E-state index in [9.17, 15) is 0 Å². The maximum Gasteiger partial charge on any atom is 0.143 e. The maximum absolute atomic E-state index is 5.54. The highest BCUT2D eigenvalue weighted by molar-refractivity contribution is 5.22. The molecule has 1 aliphatic carbocycles. The molecule has 1 aliphatic rings. The first-order valence-corrected chi connectivity index (χ1v) is 4.41. The van der Waals surface area contributed by atoms with Crippen molar-refractivity contribution in [2.75, 3.05) is 6.54 Å². The molecule has 0 atom stereocenters. The third-order valence-electron chi connectivity index (χ3n) is 2.63. The summed E-state index contributed by atoms with van der Waals surface area (Å²) in [5.41, 5.74) is 6.76. The fourth-order valence-corrected chi connectivity index (χ4v) is 1.66. The number of hydrogen-bond donors (Lipinski definition) is 1. The highest BCUT2D eigenvalue weighted by atomic mass is 16.5. The fourth-order valence-electron chi connectivity index (χ4n) is 1.66. The van der Waals surface area contributed by atoms with Crippen LogP contribution in [0.5, 0.6) is 0 Å². The van der Waals surface area contributed by atoms with E-state index in [0.29, 0.717) is 0 Å². The molecule has 0 saturated heterocycles. The van der Waals surface area contributed by atoms with Crippen LogP contribution in [0.25, 0.3) is 0 Å². The molecule has 0 bridgehead atoms. The normalized spacial score (nSPS) is 19.5. The first kappa shape index (κ1) is 7.80. The quantitative estimate of drug-likeness (QED) is 0.737. The Morgan fingerprint density at radius 1 is 1.67 bits per heavy atom. The van der Waals surface area contributed by atoms with Crippen molar-refractivity contribution < 1.29 is 4.52 Å². The van der Waals surface area contributed by atoms with E-state index in [1.54, 1.807) is 0 Å². The average Bonchev–Trinajstić information content (AvgIpc) is 2.69. The van der Waals surface area contributed by atoms with Gasteiger partial charge in [-0.2, -0.15) is 0 Å². The summed E-state index contributed by atoms with van der Waals surface area (Å²) in [6.07, 6.45) is 3.44. The third-order valence-corrected chi connectivity index (χ3v) is 2.63. The van der Waals surface area contributed by atoms with Gasteiger partial charge in [0.05, 0.1) is 5.69 Å². The Balaban J connectivity index is 2.18. The summed E-state index contributed by atoms with van der Waals surface area (Å²) in [4.78, 5) is 0. The Kier molecular flexibility index (Phi) is 1.68. The van der Waals surface area contributed by atoms with Crippen LogP contribution in [0.2, 0.25) is 0 Å². The predicted molar refractivity (Wildman–Crippen MR) is 45.8 cm³/mol. The molecule has 1 heterocycles. The van der Waals surface area contributed by atoms with Gasteiger partial charge in [-0.1, -0.05) is 5.16 Å². The second-order valence-electron chi connectivity index (χ2n) is 3.65. The molecule has 1 saturated carbocycles. The second kappa shape index (κ2) is 2.59. The minimum absolute atomic E-state index is 0.260. The molecule has 0 aromatic carbocycles. The van der Waals surface area contributed by atoms with Gasteiger partial charge in [0.25, 0.3) is 0 Å². The van der Waals surface area contributed by atoms with Gasteiger partial charge < -0.3 is 10.3 Å². The Morgan fingerprint density at radius 2 is 2.42 bits per heavy atom. The maximum atomic E-state index is 5.54. The second-order valence-corrected chi connectivity index (χ2v) is 3.65. The van der Waals surface area contributed by atoms with E-state index in [-0.39, 0.29) is 5.41 Å². The molecule has 0 aliphatic heterocycles. The summed E-state index contributed by atoms with van der Waals surface area (Å²) in [6.45, 7) is 2.69. The van der Waals surface area contributed by atoms with Gasteiger partial charge in [-0.05, 0) is 32.7 Å². The molecular weight excluding hydrogens is 152 g/mol. The zero-order chi connectivity index (χ0) is 8.60. The standard InChI is InChI=1S/C9H14N2O/c1-7-6-8(12-11-7)9(2-3-9)4-5-10/h6H,2-5,10H2,1H3. The first-order chi connectivity index (χ1) is 5.77. The molecule has 12 heavy (non-hydrogen) atoms. The number of aromatic nitrogens is 1. The Bertz CT molecular complexity index is 276. The fraction of sp³-hybridized carbons (Fsp3) is 0.667. The van der Waals surface area contributed by atoms with Gasteiger partial charge in [-0.15, -0.1) is 0 Å². The van der Waals surface area contributed by atoms with Crippen molar-refractivity contribution in [1.82, 2.24) is 5.16 Å². The molecule has 2 rings (SSSR count). The SMILES string of the molecule is Cc1cc(C2(CCN)CC2)on1. The number of hydrogen-bond acceptors (Lipinski definition) is 3. The molecule has 3 heteroatoms. The minimum Gasteiger partial charge on any atom is -0.361 e. The zero-order valence-corrected chi connectivity index (χ0v) is 7.34. The van der Waals surface area contributed by atoms with E-state index in [0.717, 1.165) is 24.4 Å². The Labute approximate surface area is 71.9 Å². The van der Waals surface area contributed by atoms with Gasteiger partial charge in [0.15, 0.2) is 0 Å². The number of rotatable bonds is 3. The summed E-state index contributed by atoms with van der Waals surface area (Å²) in [7, 11) is 0. The average molecular weight is 166 g/mol. The van der Waals surface area contributed by atoms with Crippen LogP contribution >= 0.6 is 0 Å². The number of nitrogens with two attached hydrogens (primary N) is 1. The van der Waals surface area contributed by atoms with Crippen LogP contribution in [0, 0.1) is 6.92 Å². The molecule has 1 aromatic heterocycles. The highest BCUT2D eigenvalue weighted by Gasteiger charge is 2.46. The van der Waals surface area contributed by atoms with Crippen LogP contribution in [0.1, 0.15) is 30.7 Å². The number of nitrogens with zero attached hydrogens (tertiary/aromatic N) is 1. The van der Waals surface area contributed by atoms with Crippen molar-refractivity contribution in [3.63, 3.8) is 0 Å². The molecule has 0 radical (unpaired) electrons. The molecule has 1 fully saturated rings. The van der Waals surface area contributed by atoms with Gasteiger partial charge in [-0.25, -0.2) is 0 Å². The highest BCUT2D eigenvalue weighted by Crippen LogP contribution is 2.50. The molecular formula is C9H14N2O. The molecule has 0 unspecified atom stereocenters. The summed E-state index contributed by atoms with van der Waals surface area (Å²) < 4.78 is 5.24. The summed E-state index contributed by atoms with van der Waals surface area (Å²) in [6, 6.07) is 2.03. The van der Waals surface area contributed by atoms with Crippen molar-refractivity contribution in [1.29, 1.82) is 0 Å². The predicted octanol–water partition coefficient (Wildman–Crippen LogP) is 1.36. The first-order valence-electron chi connectivity index (χ1n) is 4.41. The Hall–Kier alpha value is -0.830. The van der Waals surface area contributed by atoms with Crippen LogP contribution in [0.4, 0.5) is 0 Å². The lowest BCUT2D eigenvalue weighted by atomic mass is 9.99. The van der Waals surface area contributed by atoms with Gasteiger partial charge in [0, 0.05) is 11.5 Å². The monoisotopic (exact) mass is 166 g/mol. The lowest BCUT2D eigenvalue weighted by Crippen LogP contribution is -2.12. The van der Waals surface area contributed by atoms with Crippen LogP contribution in [0.3, 0.4) is 0 Å². The zero-order valence-electron chi connectivity index (χ0n) is 7.34. The van der Waals surface area contributed by atoms with Crippen LogP contribution in [0.15, 0.2) is 10.6 Å². The lowest BCUT2D eigenvalue weighted by Gasteiger charge is -2.07. The van der Waals surface area contributed by atoms with E-state index >= 15 is 0 Å². The van der Waals surface area contributed by atoms with Gasteiger partial charge in [-0.3, -0.25) is 0 Å². The topological polar surface area (TPSA) is 52.0 Å². The van der Waals surface area contributed by atoms with Gasteiger partial charge in [0.2, 0.25) is 0 Å². The van der Waals surface area contributed by atoms with Gasteiger partial charge in [0.1, 0.15) is 5.76 Å². The van der Waals surface area contributed by atoms with Gasteiger partial charge >= 0.3 is 0 Å². The Morgan fingerprint density at radius 3 is 2.83 bits per heavy atom. The summed E-state index contributed by atoms with van der Waals surface area (Å²) in [5, 5.41) is 3.89. The van der Waals surface area contributed by atoms with Crippen LogP contribution < -0.4 is 5.73 Å². The van der Waals surface area contributed by atoms with Crippen molar-refractivity contribution in [3.8, 4) is 0 Å². The molecule has 2 N–H and O–H groups in total. The summed E-state index contributed by atoms with van der Waals surface area (Å²) in [5.74, 6) is 1.03. The van der Waals surface area contributed by atoms with E-state index in [2.05, 4.69) is 5.16 Å². The van der Waals surface area contributed by atoms with E-state index in [1.165, 1.54) is 12.8 Å². The smallest absolute Gasteiger partial charge is 0.143 e. The summed E-state index contributed by atoms with van der Waals surface area (Å²) >= 11 is 0. The molecule has 1 aromatic rings. The van der Waals surface area contributed by atoms with Crippen LogP contribution in [-0.2, 0) is 5.41 Å². The van der Waals surface area contributed by atoms with Crippen LogP contribution in [-0.4, -0.2) is 11.7 Å². The molecule has 66 valence electrons.